The Kier molecular flexibility index (Phi) is 2.39. The normalized spacial score (nSPS) is 11.2. The highest BCUT2D eigenvalue weighted by Crippen LogP contribution is 2.07. The van der Waals surface area contributed by atoms with Crippen molar-refractivity contribution in [3.05, 3.63) is 34.3 Å². The van der Waals surface area contributed by atoms with Crippen LogP contribution in [-0.2, 0) is 0 Å². The Labute approximate surface area is 87.6 Å². The van der Waals surface area contributed by atoms with Crippen LogP contribution in [0.3, 0.4) is 0 Å². The fraction of sp³-hybridized carbons (Fsp3) is 0. The third kappa shape index (κ3) is 2.14. The van der Waals surface area contributed by atoms with E-state index in [0.717, 1.165) is 3.77 Å². The molecule has 2 heterocycles. The zero-order chi connectivity index (χ0) is 9.10. The van der Waals surface area contributed by atoms with E-state index in [1.54, 1.807) is 6.21 Å². The molecule has 0 aromatic carbocycles. The molecule has 0 bridgehead atoms. The molecule has 66 valence electrons. The van der Waals surface area contributed by atoms with Crippen molar-refractivity contribution in [1.29, 1.82) is 0 Å². The monoisotopic (exact) mass is 288 g/mol. The Morgan fingerprint density at radius 3 is 2.77 bits per heavy atom. The highest BCUT2D eigenvalue weighted by molar-refractivity contribution is 14.1. The van der Waals surface area contributed by atoms with Crippen LogP contribution in [0.5, 0.6) is 0 Å². The topological polar surface area (TPSA) is 56.2 Å². The predicted molar refractivity (Wildman–Crippen MR) is 54.4 cm³/mol. The van der Waals surface area contributed by atoms with Crippen molar-refractivity contribution in [3.63, 3.8) is 0 Å². The molecule has 2 rings (SSSR count). The maximum atomic E-state index is 5.26. The number of rotatable bonds is 2. The fourth-order valence-electron chi connectivity index (χ4n) is 0.776. The van der Waals surface area contributed by atoms with Gasteiger partial charge in [-0.15, -0.1) is 10.2 Å². The number of halogens is 1. The van der Waals surface area contributed by atoms with Crippen molar-refractivity contribution >= 4 is 28.8 Å². The lowest BCUT2D eigenvalue weighted by Crippen LogP contribution is -1.84. The van der Waals surface area contributed by atoms with E-state index in [-0.39, 0.29) is 0 Å². The molecule has 0 N–H and O–H groups in total. The number of hydrogen-bond donors (Lipinski definition) is 0. The molecule has 0 aliphatic heterocycles. The molecule has 2 aromatic rings. The quantitative estimate of drug-likeness (QED) is 0.619. The van der Waals surface area contributed by atoms with E-state index in [0.29, 0.717) is 5.76 Å². The van der Waals surface area contributed by atoms with Crippen LogP contribution >= 0.6 is 22.6 Å². The van der Waals surface area contributed by atoms with Gasteiger partial charge in [-0.2, -0.15) is 5.10 Å². The van der Waals surface area contributed by atoms with Gasteiger partial charge in [-0.05, 0) is 34.7 Å². The molecule has 2 aromatic heterocycles. The fourth-order valence-corrected chi connectivity index (χ4v) is 1.21. The maximum absolute atomic E-state index is 5.26. The average molecular weight is 288 g/mol. The summed E-state index contributed by atoms with van der Waals surface area (Å²) in [5.41, 5.74) is 0. The minimum Gasteiger partial charge on any atom is -0.449 e. The standard InChI is InChI=1S/C7H5IN4O/c8-7-2-1-6(13-7)3-11-12-4-9-10-5-12/h1-5H. The summed E-state index contributed by atoms with van der Waals surface area (Å²) in [6.07, 6.45) is 4.61. The van der Waals surface area contributed by atoms with Crippen molar-refractivity contribution in [2.24, 2.45) is 5.10 Å². The highest BCUT2D eigenvalue weighted by atomic mass is 127. The van der Waals surface area contributed by atoms with E-state index in [4.69, 9.17) is 4.42 Å². The molecule has 0 fully saturated rings. The van der Waals surface area contributed by atoms with Crippen molar-refractivity contribution in [2.45, 2.75) is 0 Å². The van der Waals surface area contributed by atoms with E-state index in [9.17, 15) is 0 Å². The Balaban J connectivity index is 2.14. The van der Waals surface area contributed by atoms with E-state index in [1.807, 2.05) is 12.1 Å². The van der Waals surface area contributed by atoms with Crippen LogP contribution in [0.1, 0.15) is 5.76 Å². The van der Waals surface area contributed by atoms with Crippen LogP contribution in [0, 0.1) is 3.77 Å². The Morgan fingerprint density at radius 2 is 2.15 bits per heavy atom. The first-order valence-electron chi connectivity index (χ1n) is 3.49. The average Bonchev–Trinajstić information content (AvgIpc) is 2.71. The van der Waals surface area contributed by atoms with Crippen LogP contribution in [-0.4, -0.2) is 21.1 Å². The van der Waals surface area contributed by atoms with Crippen LogP contribution in [0.15, 0.2) is 34.3 Å². The molecule has 0 aliphatic carbocycles. The summed E-state index contributed by atoms with van der Waals surface area (Å²) in [6.45, 7) is 0. The number of aromatic nitrogens is 3. The molecule has 0 unspecified atom stereocenters. The molecule has 0 spiro atoms. The lowest BCUT2D eigenvalue weighted by molar-refractivity contribution is 0.531. The summed E-state index contributed by atoms with van der Waals surface area (Å²) in [7, 11) is 0. The van der Waals surface area contributed by atoms with Gasteiger partial charge in [0.05, 0.1) is 6.21 Å². The molecule has 5 nitrogen and oxygen atoms in total. The van der Waals surface area contributed by atoms with Crippen molar-refractivity contribution in [1.82, 2.24) is 14.9 Å². The van der Waals surface area contributed by atoms with Crippen LogP contribution in [0.2, 0.25) is 0 Å². The Morgan fingerprint density at radius 1 is 1.38 bits per heavy atom. The van der Waals surface area contributed by atoms with Gasteiger partial charge < -0.3 is 4.42 Å². The molecule has 0 radical (unpaired) electrons. The maximum Gasteiger partial charge on any atom is 0.164 e. The summed E-state index contributed by atoms with van der Waals surface area (Å²) in [4.78, 5) is 0. The van der Waals surface area contributed by atoms with Gasteiger partial charge in [-0.3, -0.25) is 0 Å². The smallest absolute Gasteiger partial charge is 0.164 e. The lowest BCUT2D eigenvalue weighted by atomic mass is 10.5. The van der Waals surface area contributed by atoms with E-state index in [1.165, 1.54) is 17.3 Å². The van der Waals surface area contributed by atoms with Crippen LogP contribution < -0.4 is 0 Å². The van der Waals surface area contributed by atoms with Gasteiger partial charge in [-0.25, -0.2) is 4.68 Å². The summed E-state index contributed by atoms with van der Waals surface area (Å²) in [6, 6.07) is 3.71. The number of furan rings is 1. The first-order chi connectivity index (χ1) is 6.34. The molecule has 0 saturated heterocycles. The summed E-state index contributed by atoms with van der Waals surface area (Å²) in [5, 5.41) is 11.2. The highest BCUT2D eigenvalue weighted by Gasteiger charge is 1.94. The van der Waals surface area contributed by atoms with Crippen LogP contribution in [0.25, 0.3) is 0 Å². The second-order valence-electron chi connectivity index (χ2n) is 2.23. The Hall–Kier alpha value is -1.18. The molecular weight excluding hydrogens is 283 g/mol. The summed E-state index contributed by atoms with van der Waals surface area (Å²) in [5.74, 6) is 0.707. The molecule has 0 aliphatic rings. The van der Waals surface area contributed by atoms with Crippen LogP contribution in [0.4, 0.5) is 0 Å². The van der Waals surface area contributed by atoms with Gasteiger partial charge in [0.1, 0.15) is 18.4 Å². The summed E-state index contributed by atoms with van der Waals surface area (Å²) >= 11 is 2.09. The zero-order valence-corrected chi connectivity index (χ0v) is 8.62. The van der Waals surface area contributed by atoms with Gasteiger partial charge in [0.2, 0.25) is 0 Å². The molecule has 13 heavy (non-hydrogen) atoms. The zero-order valence-electron chi connectivity index (χ0n) is 6.46. The third-order valence-corrected chi connectivity index (χ3v) is 1.90. The number of hydrogen-bond acceptors (Lipinski definition) is 4. The molecule has 0 saturated carbocycles. The largest absolute Gasteiger partial charge is 0.449 e. The van der Waals surface area contributed by atoms with Gasteiger partial charge in [0.25, 0.3) is 0 Å². The predicted octanol–water partition coefficient (Wildman–Crippen LogP) is 1.36. The second-order valence-corrected chi connectivity index (χ2v) is 3.29. The van der Waals surface area contributed by atoms with Gasteiger partial charge in [0.15, 0.2) is 3.77 Å². The minimum atomic E-state index is 0.707. The molecule has 6 heteroatoms. The van der Waals surface area contributed by atoms with Crippen molar-refractivity contribution in [2.75, 3.05) is 0 Å². The van der Waals surface area contributed by atoms with Gasteiger partial charge in [-0.1, -0.05) is 0 Å². The Bertz CT molecular complexity index is 406. The molecular formula is C7H5IN4O. The number of nitrogens with zero attached hydrogens (tertiary/aromatic N) is 4. The second kappa shape index (κ2) is 3.69. The first-order valence-corrected chi connectivity index (χ1v) is 4.57. The first kappa shape index (κ1) is 8.42. The van der Waals surface area contributed by atoms with Gasteiger partial charge >= 0.3 is 0 Å². The van der Waals surface area contributed by atoms with Crippen molar-refractivity contribution in [3.8, 4) is 0 Å². The minimum absolute atomic E-state index is 0.707. The molecule has 0 amide bonds. The molecule has 0 atom stereocenters. The van der Waals surface area contributed by atoms with E-state index < -0.39 is 0 Å². The van der Waals surface area contributed by atoms with E-state index in [2.05, 4.69) is 37.9 Å². The summed E-state index contributed by atoms with van der Waals surface area (Å²) < 4.78 is 7.60. The van der Waals surface area contributed by atoms with Gasteiger partial charge in [0, 0.05) is 0 Å². The SMILES string of the molecule is Ic1ccc(C=Nn2cnnc2)o1. The van der Waals surface area contributed by atoms with E-state index >= 15 is 0 Å². The van der Waals surface area contributed by atoms with Crippen molar-refractivity contribution < 1.29 is 4.42 Å². The lowest BCUT2D eigenvalue weighted by Gasteiger charge is -1.86. The third-order valence-electron chi connectivity index (χ3n) is 1.32.